The summed E-state index contributed by atoms with van der Waals surface area (Å²) in [6, 6.07) is 8.87. The van der Waals surface area contributed by atoms with Crippen LogP contribution in [0.5, 0.6) is 0 Å². The fraction of sp³-hybridized carbons (Fsp3) is 0.632. The van der Waals surface area contributed by atoms with Gasteiger partial charge in [-0.15, -0.1) is 0 Å². The summed E-state index contributed by atoms with van der Waals surface area (Å²) in [5.41, 5.74) is 2.10. The van der Waals surface area contributed by atoms with Gasteiger partial charge in [0.15, 0.2) is 0 Å². The number of rotatable bonds is 6. The van der Waals surface area contributed by atoms with Crippen molar-refractivity contribution >= 4 is 6.09 Å². The number of amides is 1. The molecule has 1 aromatic carbocycles. The van der Waals surface area contributed by atoms with Crippen LogP contribution in [0.2, 0.25) is 0 Å². The number of nitrogens with zero attached hydrogens (tertiary/aromatic N) is 1. The van der Waals surface area contributed by atoms with Gasteiger partial charge in [0.2, 0.25) is 0 Å². The van der Waals surface area contributed by atoms with E-state index in [1.807, 2.05) is 20.8 Å². The molecule has 130 valence electrons. The normalized spacial score (nSPS) is 14.2. The van der Waals surface area contributed by atoms with E-state index in [1.165, 1.54) is 11.1 Å². The lowest BCUT2D eigenvalue weighted by Crippen LogP contribution is -2.38. The number of aryl methyl sites for hydroxylation is 1. The molecule has 1 rings (SSSR count). The zero-order valence-corrected chi connectivity index (χ0v) is 15.6. The van der Waals surface area contributed by atoms with Crippen molar-refractivity contribution in [3.8, 4) is 0 Å². The van der Waals surface area contributed by atoms with Crippen LogP contribution in [0.15, 0.2) is 24.3 Å². The van der Waals surface area contributed by atoms with Crippen LogP contribution in [0.3, 0.4) is 0 Å². The van der Waals surface area contributed by atoms with Crippen molar-refractivity contribution < 1.29 is 9.53 Å². The summed E-state index contributed by atoms with van der Waals surface area (Å²) in [5.74, 6) is 0.348. The van der Waals surface area contributed by atoms with E-state index >= 15 is 0 Å². The van der Waals surface area contributed by atoms with E-state index in [9.17, 15) is 4.79 Å². The minimum atomic E-state index is -0.452. The number of carbonyl (C=O) groups excluding carboxylic acids is 1. The van der Waals surface area contributed by atoms with E-state index in [0.717, 1.165) is 6.54 Å². The average molecular weight is 320 g/mol. The van der Waals surface area contributed by atoms with E-state index < -0.39 is 5.60 Å². The molecule has 0 aliphatic rings. The lowest BCUT2D eigenvalue weighted by molar-refractivity contribution is 0.0276. The Hall–Kier alpha value is -1.55. The Morgan fingerprint density at radius 3 is 2.30 bits per heavy atom. The third kappa shape index (κ3) is 7.51. The Balaban J connectivity index is 2.40. The number of benzene rings is 1. The summed E-state index contributed by atoms with van der Waals surface area (Å²) >= 11 is 0. The smallest absolute Gasteiger partial charge is 0.410 e. The summed E-state index contributed by atoms with van der Waals surface area (Å²) < 4.78 is 5.37. The first kappa shape index (κ1) is 19.5. The van der Waals surface area contributed by atoms with E-state index in [-0.39, 0.29) is 6.09 Å². The maximum atomic E-state index is 12.0. The molecule has 4 heteroatoms. The number of carbonyl (C=O) groups is 1. The second kappa shape index (κ2) is 8.34. The van der Waals surface area contributed by atoms with Crippen LogP contribution in [0.25, 0.3) is 0 Å². The Morgan fingerprint density at radius 1 is 1.22 bits per heavy atom. The van der Waals surface area contributed by atoms with Gasteiger partial charge in [0.05, 0.1) is 0 Å². The van der Waals surface area contributed by atoms with Gasteiger partial charge in [-0.25, -0.2) is 4.79 Å². The molecule has 2 unspecified atom stereocenters. The third-order valence-electron chi connectivity index (χ3n) is 3.64. The first-order chi connectivity index (χ1) is 10.6. The molecule has 23 heavy (non-hydrogen) atoms. The van der Waals surface area contributed by atoms with Crippen molar-refractivity contribution in [1.82, 2.24) is 10.2 Å². The van der Waals surface area contributed by atoms with Crippen LogP contribution in [0.4, 0.5) is 4.79 Å². The molecule has 0 bridgehead atoms. The highest BCUT2D eigenvalue weighted by Gasteiger charge is 2.20. The van der Waals surface area contributed by atoms with Gasteiger partial charge < -0.3 is 15.0 Å². The summed E-state index contributed by atoms with van der Waals surface area (Å²) in [7, 11) is 1.79. The fourth-order valence-electron chi connectivity index (χ4n) is 2.30. The highest BCUT2D eigenvalue weighted by Crippen LogP contribution is 2.14. The maximum Gasteiger partial charge on any atom is 0.410 e. The molecule has 4 nitrogen and oxygen atoms in total. The van der Waals surface area contributed by atoms with Crippen LogP contribution < -0.4 is 5.32 Å². The van der Waals surface area contributed by atoms with Gasteiger partial charge in [-0.2, -0.15) is 0 Å². The van der Waals surface area contributed by atoms with Crippen molar-refractivity contribution in [3.05, 3.63) is 35.4 Å². The van der Waals surface area contributed by atoms with E-state index in [1.54, 1.807) is 11.9 Å². The van der Waals surface area contributed by atoms with E-state index in [4.69, 9.17) is 4.74 Å². The summed E-state index contributed by atoms with van der Waals surface area (Å²) in [6.07, 6.45) is -0.268. The Labute approximate surface area is 141 Å². The highest BCUT2D eigenvalue weighted by molar-refractivity contribution is 5.67. The molecule has 0 saturated heterocycles. The Morgan fingerprint density at radius 2 is 1.78 bits per heavy atom. The average Bonchev–Trinajstić information content (AvgIpc) is 2.43. The number of nitrogens with one attached hydrogen (secondary N) is 1. The number of hydrogen-bond acceptors (Lipinski definition) is 3. The van der Waals surface area contributed by atoms with Gasteiger partial charge in [0, 0.05) is 19.6 Å². The van der Waals surface area contributed by atoms with Gasteiger partial charge >= 0.3 is 6.09 Å². The first-order valence-corrected chi connectivity index (χ1v) is 8.32. The molecule has 1 aromatic rings. The van der Waals surface area contributed by atoms with E-state index in [0.29, 0.717) is 18.5 Å². The molecule has 0 heterocycles. The Kier molecular flexibility index (Phi) is 7.07. The molecule has 0 aliphatic heterocycles. The molecule has 0 spiro atoms. The van der Waals surface area contributed by atoms with Crippen LogP contribution in [-0.2, 0) is 4.74 Å². The quantitative estimate of drug-likeness (QED) is 0.856. The van der Waals surface area contributed by atoms with Crippen LogP contribution >= 0.6 is 0 Å². The minimum Gasteiger partial charge on any atom is -0.444 e. The maximum absolute atomic E-state index is 12.0. The second-order valence-corrected chi connectivity index (χ2v) is 7.51. The lowest BCUT2D eigenvalue weighted by Gasteiger charge is -2.27. The molecule has 0 aromatic heterocycles. The molecular formula is C19H32N2O2. The van der Waals surface area contributed by atoms with Gasteiger partial charge in [-0.1, -0.05) is 36.8 Å². The largest absolute Gasteiger partial charge is 0.444 e. The zero-order chi connectivity index (χ0) is 17.6. The molecule has 0 fully saturated rings. The van der Waals surface area contributed by atoms with Crippen molar-refractivity contribution in [1.29, 1.82) is 0 Å². The standard InChI is InChI=1S/C19H32N2O2/c1-14-8-10-17(11-9-14)16(3)20-12-15(2)13-21(7)18(22)23-19(4,5)6/h8-11,15-16,20H,12-13H2,1-7H3. The second-order valence-electron chi connectivity index (χ2n) is 7.51. The molecule has 2 atom stereocenters. The molecule has 1 N–H and O–H groups in total. The van der Waals surface area contributed by atoms with Crippen LogP contribution in [0.1, 0.15) is 51.8 Å². The van der Waals surface area contributed by atoms with Crippen LogP contribution in [0, 0.1) is 12.8 Å². The first-order valence-electron chi connectivity index (χ1n) is 8.32. The monoisotopic (exact) mass is 320 g/mol. The predicted octanol–water partition coefficient (Wildman–Crippen LogP) is 4.15. The predicted molar refractivity (Wildman–Crippen MR) is 95.6 cm³/mol. The zero-order valence-electron chi connectivity index (χ0n) is 15.6. The Bertz CT molecular complexity index is 491. The van der Waals surface area contributed by atoms with Gasteiger partial charge in [-0.3, -0.25) is 0 Å². The van der Waals surface area contributed by atoms with Gasteiger partial charge in [0.1, 0.15) is 5.60 Å². The number of hydrogen-bond donors (Lipinski definition) is 1. The van der Waals surface area contributed by atoms with Crippen molar-refractivity contribution in [2.45, 2.75) is 53.2 Å². The summed E-state index contributed by atoms with van der Waals surface area (Å²) in [6.45, 7) is 13.6. The SMILES string of the molecule is Cc1ccc(C(C)NCC(C)CN(C)C(=O)OC(C)(C)C)cc1. The highest BCUT2D eigenvalue weighted by atomic mass is 16.6. The fourth-order valence-corrected chi connectivity index (χ4v) is 2.30. The minimum absolute atomic E-state index is 0.268. The lowest BCUT2D eigenvalue weighted by atomic mass is 10.1. The topological polar surface area (TPSA) is 41.6 Å². The van der Waals surface area contributed by atoms with Crippen LogP contribution in [-0.4, -0.2) is 36.7 Å². The molecule has 0 radical (unpaired) electrons. The molecule has 0 aliphatic carbocycles. The van der Waals surface area contributed by atoms with Crippen molar-refractivity contribution in [3.63, 3.8) is 0 Å². The summed E-state index contributed by atoms with van der Waals surface area (Å²) in [4.78, 5) is 13.6. The third-order valence-corrected chi connectivity index (χ3v) is 3.64. The van der Waals surface area contributed by atoms with Crippen molar-refractivity contribution in [2.75, 3.05) is 20.1 Å². The molecule has 1 amide bonds. The van der Waals surface area contributed by atoms with Crippen molar-refractivity contribution in [2.24, 2.45) is 5.92 Å². The molecular weight excluding hydrogens is 288 g/mol. The molecule has 0 saturated carbocycles. The van der Waals surface area contributed by atoms with Gasteiger partial charge in [0.25, 0.3) is 0 Å². The van der Waals surface area contributed by atoms with E-state index in [2.05, 4.69) is 50.4 Å². The number of ether oxygens (including phenoxy) is 1. The summed E-state index contributed by atoms with van der Waals surface area (Å²) in [5, 5.41) is 3.53. The van der Waals surface area contributed by atoms with Gasteiger partial charge in [-0.05, 0) is 52.6 Å².